The molecule has 5 nitrogen and oxygen atoms in total. The summed E-state index contributed by atoms with van der Waals surface area (Å²) in [5, 5.41) is 0. The van der Waals surface area contributed by atoms with Crippen LogP contribution in [0.15, 0.2) is 42.6 Å². The molecule has 168 valence electrons. The number of hydrogen-bond acceptors (Lipinski definition) is 5. The van der Waals surface area contributed by atoms with Crippen molar-refractivity contribution in [2.45, 2.75) is 45.6 Å². The van der Waals surface area contributed by atoms with Crippen molar-refractivity contribution in [3.05, 3.63) is 82.6 Å². The summed E-state index contributed by atoms with van der Waals surface area (Å²) in [7, 11) is 0. The maximum atomic E-state index is 14.8. The maximum absolute atomic E-state index is 14.8. The first-order chi connectivity index (χ1) is 15.9. The van der Waals surface area contributed by atoms with Crippen LogP contribution in [0.2, 0.25) is 0 Å². The first-order valence-corrected chi connectivity index (χ1v) is 11.0. The second-order valence-electron chi connectivity index (χ2n) is 8.59. The Morgan fingerprint density at radius 1 is 0.939 bits per heavy atom. The molecule has 1 aliphatic rings. The number of fused-ring (bicyclic) bond motifs is 1. The van der Waals surface area contributed by atoms with Crippen LogP contribution in [0.25, 0.3) is 22.3 Å². The zero-order valence-electron chi connectivity index (χ0n) is 18.8. The van der Waals surface area contributed by atoms with Crippen molar-refractivity contribution in [2.75, 3.05) is 6.61 Å². The second kappa shape index (κ2) is 8.56. The molecule has 1 fully saturated rings. The van der Waals surface area contributed by atoms with E-state index in [4.69, 9.17) is 14.7 Å². The average Bonchev–Trinajstić information content (AvgIpc) is 2.80. The number of aromatic nitrogens is 4. The van der Waals surface area contributed by atoms with Gasteiger partial charge >= 0.3 is 0 Å². The van der Waals surface area contributed by atoms with E-state index in [0.717, 1.165) is 47.2 Å². The molecule has 2 atom stereocenters. The van der Waals surface area contributed by atoms with Crippen molar-refractivity contribution in [1.82, 2.24) is 19.9 Å². The quantitative estimate of drug-likeness (QED) is 0.391. The summed E-state index contributed by atoms with van der Waals surface area (Å²) >= 11 is 0. The fraction of sp³-hybridized carbons (Fsp3) is 0.308. The van der Waals surface area contributed by atoms with Gasteiger partial charge in [-0.25, -0.2) is 23.7 Å². The van der Waals surface area contributed by atoms with Gasteiger partial charge < -0.3 is 4.74 Å². The highest BCUT2D eigenvalue weighted by Gasteiger charge is 2.28. The largest absolute Gasteiger partial charge is 0.373 e. The van der Waals surface area contributed by atoms with Crippen LogP contribution in [0.1, 0.15) is 53.2 Å². The van der Waals surface area contributed by atoms with Crippen LogP contribution in [-0.4, -0.2) is 26.5 Å². The lowest BCUT2D eigenvalue weighted by Crippen LogP contribution is -2.20. The van der Waals surface area contributed by atoms with Crippen molar-refractivity contribution in [3.8, 4) is 11.3 Å². The Hall–Kier alpha value is -3.32. The van der Waals surface area contributed by atoms with E-state index in [1.807, 2.05) is 39.0 Å². The molecule has 7 heteroatoms. The minimum Gasteiger partial charge on any atom is -0.373 e. The molecule has 0 saturated carbocycles. The molecule has 0 amide bonds. The summed E-state index contributed by atoms with van der Waals surface area (Å²) in [6, 6.07) is 9.50. The highest BCUT2D eigenvalue weighted by atomic mass is 19.1. The predicted octanol–water partition coefficient (Wildman–Crippen LogP) is 5.93. The van der Waals surface area contributed by atoms with Crippen molar-refractivity contribution in [2.24, 2.45) is 0 Å². The molecule has 1 aromatic carbocycles. The van der Waals surface area contributed by atoms with Crippen LogP contribution in [0.4, 0.5) is 8.78 Å². The van der Waals surface area contributed by atoms with E-state index in [1.165, 1.54) is 12.1 Å². The third-order valence-corrected chi connectivity index (χ3v) is 6.26. The van der Waals surface area contributed by atoms with Gasteiger partial charge in [-0.15, -0.1) is 0 Å². The Balaban J connectivity index is 1.62. The first-order valence-electron chi connectivity index (χ1n) is 11.0. The Morgan fingerprint density at radius 3 is 2.55 bits per heavy atom. The Bertz CT molecular complexity index is 1360. The zero-order valence-corrected chi connectivity index (χ0v) is 18.8. The van der Waals surface area contributed by atoms with E-state index in [0.29, 0.717) is 23.3 Å². The molecule has 0 spiro atoms. The summed E-state index contributed by atoms with van der Waals surface area (Å²) < 4.78 is 34.4. The predicted molar refractivity (Wildman–Crippen MR) is 122 cm³/mol. The molecule has 33 heavy (non-hydrogen) atoms. The molecule has 0 N–H and O–H groups in total. The molecular weight excluding hydrogens is 422 g/mol. The zero-order chi connectivity index (χ0) is 23.1. The summed E-state index contributed by atoms with van der Waals surface area (Å²) in [5.41, 5.74) is 6.18. The SMILES string of the molecule is Cc1cc([C@@H]2C[C@@H](c3cc4nc(C)c(C)nc4c(-c4ccc(F)cc4F)n3)CCO2)ccn1. The van der Waals surface area contributed by atoms with Crippen LogP contribution in [0, 0.1) is 32.4 Å². The fourth-order valence-electron chi connectivity index (χ4n) is 4.39. The van der Waals surface area contributed by atoms with Gasteiger partial charge in [0.05, 0.1) is 23.0 Å². The van der Waals surface area contributed by atoms with Gasteiger partial charge in [-0.2, -0.15) is 0 Å². The molecule has 1 aliphatic heterocycles. The smallest absolute Gasteiger partial charge is 0.135 e. The summed E-state index contributed by atoms with van der Waals surface area (Å²) in [6.45, 7) is 6.31. The van der Waals surface area contributed by atoms with Crippen molar-refractivity contribution in [1.29, 1.82) is 0 Å². The monoisotopic (exact) mass is 446 g/mol. The van der Waals surface area contributed by atoms with Gasteiger partial charge in [0.15, 0.2) is 0 Å². The Kier molecular flexibility index (Phi) is 5.58. The molecule has 0 bridgehead atoms. The average molecular weight is 447 g/mol. The van der Waals surface area contributed by atoms with Gasteiger partial charge in [-0.1, -0.05) is 0 Å². The lowest BCUT2D eigenvalue weighted by Gasteiger charge is -2.30. The molecule has 0 radical (unpaired) electrons. The van der Waals surface area contributed by atoms with E-state index in [-0.39, 0.29) is 17.6 Å². The number of benzene rings is 1. The summed E-state index contributed by atoms with van der Waals surface area (Å²) in [4.78, 5) is 18.5. The number of ether oxygens (including phenoxy) is 1. The fourth-order valence-corrected chi connectivity index (χ4v) is 4.39. The summed E-state index contributed by atoms with van der Waals surface area (Å²) in [5.74, 6) is -1.19. The van der Waals surface area contributed by atoms with Gasteiger partial charge in [0.25, 0.3) is 0 Å². The standard InChI is InChI=1S/C26H24F2N4O/c1-14-10-18(6-8-29-14)24-11-17(7-9-33-24)22-13-23-26(31-16(3)15(2)30-23)25(32-22)20-5-4-19(27)12-21(20)28/h4-6,8,10,12-13,17,24H,7,9,11H2,1-3H3/t17-,24-/m0/s1. The Labute approximate surface area is 190 Å². The lowest BCUT2D eigenvalue weighted by atomic mass is 9.88. The number of aryl methyl sites for hydroxylation is 3. The second-order valence-corrected chi connectivity index (χ2v) is 8.59. The van der Waals surface area contributed by atoms with E-state index >= 15 is 0 Å². The van der Waals surface area contributed by atoms with Crippen molar-refractivity contribution in [3.63, 3.8) is 0 Å². The van der Waals surface area contributed by atoms with Crippen LogP contribution in [0.3, 0.4) is 0 Å². The lowest BCUT2D eigenvalue weighted by molar-refractivity contribution is 0.00460. The number of rotatable bonds is 3. The van der Waals surface area contributed by atoms with Gasteiger partial charge in [0, 0.05) is 41.7 Å². The minimum absolute atomic E-state index is 0.0696. The molecule has 1 saturated heterocycles. The van der Waals surface area contributed by atoms with Crippen molar-refractivity contribution < 1.29 is 13.5 Å². The normalized spacial score (nSPS) is 18.6. The number of halogens is 2. The van der Waals surface area contributed by atoms with E-state index < -0.39 is 11.6 Å². The molecule has 3 aromatic heterocycles. The van der Waals surface area contributed by atoms with Crippen molar-refractivity contribution >= 4 is 11.0 Å². The topological polar surface area (TPSA) is 60.8 Å². The molecular formula is C26H24F2N4O. The molecule has 4 heterocycles. The summed E-state index contributed by atoms with van der Waals surface area (Å²) in [6.07, 6.45) is 3.26. The minimum atomic E-state index is -0.668. The highest BCUT2D eigenvalue weighted by molar-refractivity contribution is 5.89. The van der Waals surface area contributed by atoms with E-state index in [1.54, 1.807) is 6.20 Å². The first kappa shape index (κ1) is 21.5. The van der Waals surface area contributed by atoms with Gasteiger partial charge in [0.1, 0.15) is 22.8 Å². The molecule has 0 aliphatic carbocycles. The highest BCUT2D eigenvalue weighted by Crippen LogP contribution is 2.39. The van der Waals surface area contributed by atoms with Crippen LogP contribution in [-0.2, 0) is 4.74 Å². The third-order valence-electron chi connectivity index (χ3n) is 6.26. The number of nitrogens with zero attached hydrogens (tertiary/aromatic N) is 4. The van der Waals surface area contributed by atoms with Gasteiger partial charge in [-0.3, -0.25) is 4.98 Å². The molecule has 4 aromatic rings. The number of hydrogen-bond donors (Lipinski definition) is 0. The van der Waals surface area contributed by atoms with Crippen LogP contribution in [0.5, 0.6) is 0 Å². The molecule has 0 unspecified atom stereocenters. The molecule has 5 rings (SSSR count). The van der Waals surface area contributed by atoms with Crippen LogP contribution >= 0.6 is 0 Å². The van der Waals surface area contributed by atoms with Gasteiger partial charge in [-0.05, 0) is 69.5 Å². The van der Waals surface area contributed by atoms with E-state index in [9.17, 15) is 8.78 Å². The van der Waals surface area contributed by atoms with Crippen LogP contribution < -0.4 is 0 Å². The third kappa shape index (κ3) is 4.20. The van der Waals surface area contributed by atoms with E-state index in [2.05, 4.69) is 9.97 Å². The number of pyridine rings is 2. The Morgan fingerprint density at radius 2 is 1.76 bits per heavy atom. The maximum Gasteiger partial charge on any atom is 0.135 e. The van der Waals surface area contributed by atoms with Gasteiger partial charge in [0.2, 0.25) is 0 Å².